The maximum Gasteiger partial charge on any atom is 0.420 e. The minimum absolute atomic E-state index is 0.0910. The first-order chi connectivity index (χ1) is 13.6. The number of sulfonamides is 1. The first-order valence-corrected chi connectivity index (χ1v) is 10.4. The van der Waals surface area contributed by atoms with Crippen LogP contribution in [0.2, 0.25) is 0 Å². The Kier molecular flexibility index (Phi) is 6.16. The summed E-state index contributed by atoms with van der Waals surface area (Å²) in [5.74, 6) is -1.49. The van der Waals surface area contributed by atoms with Gasteiger partial charge in [-0.15, -0.1) is 0 Å². The normalized spacial score (nSPS) is 16.0. The van der Waals surface area contributed by atoms with Crippen LogP contribution >= 0.6 is 0 Å². The van der Waals surface area contributed by atoms with Crippen molar-refractivity contribution in [3.8, 4) is 16.9 Å². The first kappa shape index (κ1) is 21.5. The zero-order valence-electron chi connectivity index (χ0n) is 15.5. The van der Waals surface area contributed by atoms with Crippen LogP contribution in [0, 0.1) is 5.82 Å². The number of hydrogen-bond donors (Lipinski definition) is 2. The summed E-state index contributed by atoms with van der Waals surface area (Å²) in [6.07, 6.45) is -4.34. The summed E-state index contributed by atoms with van der Waals surface area (Å²) in [7, 11) is -3.27. The van der Waals surface area contributed by atoms with Crippen LogP contribution in [0.3, 0.4) is 0 Å². The van der Waals surface area contributed by atoms with Gasteiger partial charge in [0.25, 0.3) is 0 Å². The minimum Gasteiger partial charge on any atom is -0.496 e. The van der Waals surface area contributed by atoms with Crippen molar-refractivity contribution in [2.45, 2.75) is 30.0 Å². The third kappa shape index (κ3) is 4.54. The summed E-state index contributed by atoms with van der Waals surface area (Å²) in [5, 5.41) is 3.03. The van der Waals surface area contributed by atoms with Crippen molar-refractivity contribution in [3.05, 3.63) is 47.8 Å². The van der Waals surface area contributed by atoms with Crippen molar-refractivity contribution in [2.75, 3.05) is 20.2 Å². The number of piperidine rings is 1. The molecule has 1 heterocycles. The monoisotopic (exact) mass is 432 g/mol. The fraction of sp³-hybridized carbons (Fsp3) is 0.368. The number of halogens is 4. The molecule has 158 valence electrons. The number of ether oxygens (including phenoxy) is 1. The van der Waals surface area contributed by atoms with E-state index >= 15 is 4.39 Å². The molecule has 10 heteroatoms. The second-order valence-corrected chi connectivity index (χ2v) is 8.33. The molecule has 1 aliphatic heterocycles. The lowest BCUT2D eigenvalue weighted by Crippen LogP contribution is -2.43. The molecule has 0 spiro atoms. The topological polar surface area (TPSA) is 67.4 Å². The molecule has 2 N–H and O–H groups in total. The van der Waals surface area contributed by atoms with Crippen LogP contribution in [0.15, 0.2) is 41.3 Å². The van der Waals surface area contributed by atoms with E-state index in [1.807, 2.05) is 0 Å². The third-order valence-electron chi connectivity index (χ3n) is 4.73. The van der Waals surface area contributed by atoms with E-state index < -0.39 is 44.1 Å². The van der Waals surface area contributed by atoms with Crippen molar-refractivity contribution >= 4 is 10.0 Å². The van der Waals surface area contributed by atoms with E-state index in [9.17, 15) is 21.6 Å². The maximum absolute atomic E-state index is 15.1. The summed E-state index contributed by atoms with van der Waals surface area (Å²) in [5.41, 5.74) is -2.12. The Morgan fingerprint density at radius 1 is 1.07 bits per heavy atom. The molecule has 1 fully saturated rings. The Morgan fingerprint density at radius 2 is 1.72 bits per heavy atom. The van der Waals surface area contributed by atoms with E-state index in [1.54, 1.807) is 6.07 Å². The van der Waals surface area contributed by atoms with Gasteiger partial charge in [0, 0.05) is 17.2 Å². The van der Waals surface area contributed by atoms with Crippen molar-refractivity contribution in [1.82, 2.24) is 10.0 Å². The lowest BCUT2D eigenvalue weighted by molar-refractivity contribution is -0.142. The van der Waals surface area contributed by atoms with Crippen LogP contribution in [-0.4, -0.2) is 34.7 Å². The van der Waals surface area contributed by atoms with Crippen LogP contribution in [-0.2, 0) is 16.2 Å². The molecule has 0 aliphatic carbocycles. The third-order valence-corrected chi connectivity index (χ3v) is 6.30. The molecule has 2 aromatic carbocycles. The quantitative estimate of drug-likeness (QED) is 0.710. The molecule has 29 heavy (non-hydrogen) atoms. The Balaban J connectivity index is 2.13. The number of alkyl halides is 3. The highest BCUT2D eigenvalue weighted by atomic mass is 32.2. The number of benzene rings is 2. The average Bonchev–Trinajstić information content (AvgIpc) is 2.67. The summed E-state index contributed by atoms with van der Waals surface area (Å²) in [4.78, 5) is -1.13. The van der Waals surface area contributed by atoms with E-state index in [-0.39, 0.29) is 11.3 Å². The largest absolute Gasteiger partial charge is 0.496 e. The molecule has 0 atom stereocenters. The molecule has 0 aromatic heterocycles. The molecular weight excluding hydrogens is 412 g/mol. The molecule has 2 aromatic rings. The highest BCUT2D eigenvalue weighted by molar-refractivity contribution is 7.89. The summed E-state index contributed by atoms with van der Waals surface area (Å²) >= 11 is 0. The van der Waals surface area contributed by atoms with Gasteiger partial charge in [-0.05, 0) is 44.1 Å². The molecule has 0 radical (unpaired) electrons. The summed E-state index contributed by atoms with van der Waals surface area (Å²) in [6, 6.07) is 7.29. The first-order valence-electron chi connectivity index (χ1n) is 8.91. The predicted octanol–water partition coefficient (Wildman–Crippen LogP) is 3.55. The van der Waals surface area contributed by atoms with Gasteiger partial charge >= 0.3 is 6.18 Å². The standard InChI is InChI=1S/C19H20F4N2O3S/c1-28-15-5-3-2-4-13(15)14-6-7-16(17(18(14)20)19(21,22)23)29(26,27)25-12-8-10-24-11-9-12/h2-7,12,24-25H,8-11H2,1H3. The molecule has 3 rings (SSSR count). The molecule has 1 aliphatic rings. The zero-order valence-corrected chi connectivity index (χ0v) is 16.3. The Bertz CT molecular complexity index is 987. The van der Waals surface area contributed by atoms with Crippen LogP contribution in [0.25, 0.3) is 11.1 Å². The number of nitrogens with one attached hydrogen (secondary N) is 2. The van der Waals surface area contributed by atoms with E-state index in [0.717, 1.165) is 12.1 Å². The average molecular weight is 432 g/mol. The van der Waals surface area contributed by atoms with E-state index in [0.29, 0.717) is 25.9 Å². The van der Waals surface area contributed by atoms with Gasteiger partial charge in [0.2, 0.25) is 10.0 Å². The molecule has 5 nitrogen and oxygen atoms in total. The van der Waals surface area contributed by atoms with E-state index in [2.05, 4.69) is 10.0 Å². The van der Waals surface area contributed by atoms with Gasteiger partial charge in [0.15, 0.2) is 0 Å². The van der Waals surface area contributed by atoms with Gasteiger partial charge in [-0.1, -0.05) is 18.2 Å². The Labute approximate surface area is 166 Å². The highest BCUT2D eigenvalue weighted by Crippen LogP contribution is 2.41. The maximum atomic E-state index is 15.1. The summed E-state index contributed by atoms with van der Waals surface area (Å²) in [6.45, 7) is 1.08. The fourth-order valence-electron chi connectivity index (χ4n) is 3.34. The fourth-order valence-corrected chi connectivity index (χ4v) is 4.87. The molecule has 0 bridgehead atoms. The lowest BCUT2D eigenvalue weighted by atomic mass is 10.0. The molecular formula is C19H20F4N2O3S. The van der Waals surface area contributed by atoms with Crippen molar-refractivity contribution in [2.24, 2.45) is 0 Å². The smallest absolute Gasteiger partial charge is 0.420 e. The van der Waals surface area contributed by atoms with Gasteiger partial charge in [-0.25, -0.2) is 17.5 Å². The Morgan fingerprint density at radius 3 is 2.34 bits per heavy atom. The molecule has 1 saturated heterocycles. The van der Waals surface area contributed by atoms with Gasteiger partial charge in [0.1, 0.15) is 17.1 Å². The number of hydrogen-bond acceptors (Lipinski definition) is 4. The SMILES string of the molecule is COc1ccccc1-c1ccc(S(=O)(=O)NC2CCNCC2)c(C(F)(F)F)c1F. The Hall–Kier alpha value is -2.17. The second kappa shape index (κ2) is 8.29. The molecule has 0 unspecified atom stereocenters. The van der Waals surface area contributed by atoms with Crippen molar-refractivity contribution < 1.29 is 30.7 Å². The van der Waals surface area contributed by atoms with Gasteiger partial charge in [-0.3, -0.25) is 0 Å². The van der Waals surface area contributed by atoms with Crippen molar-refractivity contribution in [3.63, 3.8) is 0 Å². The zero-order chi connectivity index (χ0) is 21.2. The molecule has 0 saturated carbocycles. The van der Waals surface area contributed by atoms with Gasteiger partial charge in [0.05, 0.1) is 12.0 Å². The lowest BCUT2D eigenvalue weighted by Gasteiger charge is -2.24. The van der Waals surface area contributed by atoms with Crippen LogP contribution in [0.4, 0.5) is 17.6 Å². The van der Waals surface area contributed by atoms with E-state index in [4.69, 9.17) is 4.74 Å². The number of para-hydroxylation sites is 1. The van der Waals surface area contributed by atoms with Crippen LogP contribution in [0.1, 0.15) is 18.4 Å². The summed E-state index contributed by atoms with van der Waals surface area (Å²) < 4.78 is 88.9. The minimum atomic E-state index is -5.21. The number of methoxy groups -OCH3 is 1. The predicted molar refractivity (Wildman–Crippen MR) is 99.6 cm³/mol. The second-order valence-electron chi connectivity index (χ2n) is 6.64. The van der Waals surface area contributed by atoms with Crippen molar-refractivity contribution in [1.29, 1.82) is 0 Å². The van der Waals surface area contributed by atoms with Gasteiger partial charge in [-0.2, -0.15) is 13.2 Å². The van der Waals surface area contributed by atoms with Gasteiger partial charge < -0.3 is 10.1 Å². The van der Waals surface area contributed by atoms with E-state index in [1.165, 1.54) is 25.3 Å². The van der Waals surface area contributed by atoms with Crippen LogP contribution < -0.4 is 14.8 Å². The van der Waals surface area contributed by atoms with Crippen LogP contribution in [0.5, 0.6) is 5.75 Å². The number of rotatable bonds is 5. The molecule has 0 amide bonds. The highest BCUT2D eigenvalue weighted by Gasteiger charge is 2.42.